The molecule has 0 bridgehead atoms. The minimum atomic E-state index is -0.124. The van der Waals surface area contributed by atoms with E-state index in [0.29, 0.717) is 24.0 Å². The number of hydrogen-bond donors (Lipinski definition) is 1. The normalized spacial score (nSPS) is 13.2. The third-order valence-electron chi connectivity index (χ3n) is 4.37. The molecule has 0 saturated carbocycles. The van der Waals surface area contributed by atoms with Crippen molar-refractivity contribution >= 4 is 0 Å². The van der Waals surface area contributed by atoms with Crippen LogP contribution in [0.3, 0.4) is 0 Å². The molecule has 0 amide bonds. The SMILES string of the molecule is CCC(C)[C@H](N)c1cc(OC)c(OC)cc1OCc1ccccc1. The van der Waals surface area contributed by atoms with Crippen LogP contribution in [0, 0.1) is 5.92 Å². The lowest BCUT2D eigenvalue weighted by molar-refractivity contribution is 0.290. The van der Waals surface area contributed by atoms with E-state index in [1.807, 2.05) is 42.5 Å². The minimum absolute atomic E-state index is 0.124. The van der Waals surface area contributed by atoms with Crippen molar-refractivity contribution < 1.29 is 14.2 Å². The molecule has 0 aliphatic rings. The second-order valence-electron chi connectivity index (χ2n) is 5.93. The summed E-state index contributed by atoms with van der Waals surface area (Å²) in [6, 6.07) is 13.7. The van der Waals surface area contributed by atoms with Crippen molar-refractivity contribution in [2.75, 3.05) is 14.2 Å². The predicted octanol–water partition coefficient (Wildman–Crippen LogP) is 4.33. The summed E-state index contributed by atoms with van der Waals surface area (Å²) in [5.74, 6) is 2.38. The third-order valence-corrected chi connectivity index (χ3v) is 4.37. The Morgan fingerprint density at radius 3 is 2.17 bits per heavy atom. The van der Waals surface area contributed by atoms with E-state index in [4.69, 9.17) is 19.9 Å². The Kier molecular flexibility index (Phi) is 6.50. The first kappa shape index (κ1) is 18.1. The molecule has 2 aromatic carbocycles. The van der Waals surface area contributed by atoms with Crippen molar-refractivity contribution in [2.45, 2.75) is 32.9 Å². The molecule has 130 valence electrons. The van der Waals surface area contributed by atoms with Crippen molar-refractivity contribution in [1.82, 2.24) is 0 Å². The van der Waals surface area contributed by atoms with Crippen LogP contribution in [0.4, 0.5) is 0 Å². The Morgan fingerprint density at radius 2 is 1.58 bits per heavy atom. The number of nitrogens with two attached hydrogens (primary N) is 1. The van der Waals surface area contributed by atoms with Crippen LogP contribution in [-0.2, 0) is 6.61 Å². The van der Waals surface area contributed by atoms with Crippen LogP contribution in [0.5, 0.6) is 17.2 Å². The highest BCUT2D eigenvalue weighted by Gasteiger charge is 2.21. The molecule has 0 spiro atoms. The van der Waals surface area contributed by atoms with E-state index in [1.165, 1.54) is 0 Å². The quantitative estimate of drug-likeness (QED) is 0.783. The molecule has 0 radical (unpaired) electrons. The van der Waals surface area contributed by atoms with Gasteiger partial charge in [-0.3, -0.25) is 0 Å². The van der Waals surface area contributed by atoms with Gasteiger partial charge in [-0.25, -0.2) is 0 Å². The predicted molar refractivity (Wildman–Crippen MR) is 96.7 cm³/mol. The van der Waals surface area contributed by atoms with Crippen LogP contribution in [0.1, 0.15) is 37.4 Å². The summed E-state index contributed by atoms with van der Waals surface area (Å²) in [5.41, 5.74) is 8.51. The van der Waals surface area contributed by atoms with E-state index in [-0.39, 0.29) is 6.04 Å². The van der Waals surface area contributed by atoms with Crippen molar-refractivity contribution in [3.05, 3.63) is 53.6 Å². The highest BCUT2D eigenvalue weighted by atomic mass is 16.5. The number of rotatable bonds is 8. The highest BCUT2D eigenvalue weighted by molar-refractivity contribution is 5.52. The van der Waals surface area contributed by atoms with E-state index >= 15 is 0 Å². The Hall–Kier alpha value is -2.20. The van der Waals surface area contributed by atoms with E-state index in [9.17, 15) is 0 Å². The standard InChI is InChI=1S/C20H27NO3/c1-5-14(2)20(21)16-11-18(22-3)19(23-4)12-17(16)24-13-15-9-7-6-8-10-15/h6-12,14,20H,5,13,21H2,1-4H3/t14?,20-/m0/s1. The lowest BCUT2D eigenvalue weighted by atomic mass is 9.92. The molecule has 0 saturated heterocycles. The van der Waals surface area contributed by atoms with Crippen LogP contribution in [0.15, 0.2) is 42.5 Å². The lowest BCUT2D eigenvalue weighted by Gasteiger charge is -2.23. The number of methoxy groups -OCH3 is 2. The van der Waals surface area contributed by atoms with Gasteiger partial charge in [0.1, 0.15) is 12.4 Å². The van der Waals surface area contributed by atoms with Gasteiger partial charge >= 0.3 is 0 Å². The molecule has 0 fully saturated rings. The maximum absolute atomic E-state index is 6.46. The average Bonchev–Trinajstić information content (AvgIpc) is 2.65. The van der Waals surface area contributed by atoms with Crippen molar-refractivity contribution in [3.63, 3.8) is 0 Å². The number of ether oxygens (including phenoxy) is 3. The van der Waals surface area contributed by atoms with Gasteiger partial charge in [-0.2, -0.15) is 0 Å². The van der Waals surface area contributed by atoms with Gasteiger partial charge in [0.25, 0.3) is 0 Å². The summed E-state index contributed by atoms with van der Waals surface area (Å²) in [5, 5.41) is 0. The summed E-state index contributed by atoms with van der Waals surface area (Å²) < 4.78 is 16.9. The first-order valence-corrected chi connectivity index (χ1v) is 8.28. The molecule has 1 unspecified atom stereocenters. The lowest BCUT2D eigenvalue weighted by Crippen LogP contribution is -2.19. The van der Waals surface area contributed by atoms with Gasteiger partial charge < -0.3 is 19.9 Å². The Labute approximate surface area is 144 Å². The average molecular weight is 329 g/mol. The van der Waals surface area contributed by atoms with E-state index < -0.39 is 0 Å². The minimum Gasteiger partial charge on any atom is -0.493 e. The molecular weight excluding hydrogens is 302 g/mol. The van der Waals surface area contributed by atoms with Crippen LogP contribution < -0.4 is 19.9 Å². The number of hydrogen-bond acceptors (Lipinski definition) is 4. The monoisotopic (exact) mass is 329 g/mol. The molecule has 2 aromatic rings. The number of benzene rings is 2. The fourth-order valence-corrected chi connectivity index (χ4v) is 2.56. The maximum atomic E-state index is 6.46. The summed E-state index contributed by atoms with van der Waals surface area (Å²) in [7, 11) is 3.24. The fraction of sp³-hybridized carbons (Fsp3) is 0.400. The second kappa shape index (κ2) is 8.60. The van der Waals surface area contributed by atoms with Crippen LogP contribution >= 0.6 is 0 Å². The van der Waals surface area contributed by atoms with Crippen molar-refractivity contribution in [1.29, 1.82) is 0 Å². The molecule has 4 nitrogen and oxygen atoms in total. The van der Waals surface area contributed by atoms with Gasteiger partial charge in [0.05, 0.1) is 14.2 Å². The highest BCUT2D eigenvalue weighted by Crippen LogP contribution is 2.39. The Morgan fingerprint density at radius 1 is 0.958 bits per heavy atom. The van der Waals surface area contributed by atoms with Gasteiger partial charge in [0, 0.05) is 17.7 Å². The Balaban J connectivity index is 2.35. The first-order chi connectivity index (χ1) is 11.6. The molecule has 24 heavy (non-hydrogen) atoms. The first-order valence-electron chi connectivity index (χ1n) is 8.28. The van der Waals surface area contributed by atoms with Crippen LogP contribution in [-0.4, -0.2) is 14.2 Å². The van der Waals surface area contributed by atoms with Crippen LogP contribution in [0.2, 0.25) is 0 Å². The molecule has 4 heteroatoms. The molecule has 2 atom stereocenters. The smallest absolute Gasteiger partial charge is 0.164 e. The molecule has 2 N–H and O–H groups in total. The zero-order valence-corrected chi connectivity index (χ0v) is 14.9. The van der Waals surface area contributed by atoms with E-state index in [1.54, 1.807) is 14.2 Å². The molecule has 0 aliphatic carbocycles. The summed E-state index contributed by atoms with van der Waals surface area (Å²) in [6.07, 6.45) is 0.994. The van der Waals surface area contributed by atoms with E-state index in [2.05, 4.69) is 13.8 Å². The van der Waals surface area contributed by atoms with Gasteiger partial charge in [0.2, 0.25) is 0 Å². The van der Waals surface area contributed by atoms with Gasteiger partial charge in [0.15, 0.2) is 11.5 Å². The summed E-state index contributed by atoms with van der Waals surface area (Å²) in [4.78, 5) is 0. The molecular formula is C20H27NO3. The molecule has 0 aliphatic heterocycles. The zero-order valence-electron chi connectivity index (χ0n) is 14.9. The van der Waals surface area contributed by atoms with Crippen molar-refractivity contribution in [2.24, 2.45) is 11.7 Å². The Bertz CT molecular complexity index is 643. The fourth-order valence-electron chi connectivity index (χ4n) is 2.56. The van der Waals surface area contributed by atoms with Crippen LogP contribution in [0.25, 0.3) is 0 Å². The largest absolute Gasteiger partial charge is 0.493 e. The third kappa shape index (κ3) is 4.20. The van der Waals surface area contributed by atoms with Crippen molar-refractivity contribution in [3.8, 4) is 17.2 Å². The van der Waals surface area contributed by atoms with E-state index in [0.717, 1.165) is 23.3 Å². The summed E-state index contributed by atoms with van der Waals surface area (Å²) >= 11 is 0. The van der Waals surface area contributed by atoms with Gasteiger partial charge in [-0.15, -0.1) is 0 Å². The topological polar surface area (TPSA) is 53.7 Å². The molecule has 0 aromatic heterocycles. The van der Waals surface area contributed by atoms with Gasteiger partial charge in [-0.05, 0) is 17.5 Å². The molecule has 0 heterocycles. The zero-order chi connectivity index (χ0) is 17.5. The maximum Gasteiger partial charge on any atom is 0.164 e. The second-order valence-corrected chi connectivity index (χ2v) is 5.93. The molecule has 2 rings (SSSR count). The summed E-state index contributed by atoms with van der Waals surface area (Å²) in [6.45, 7) is 4.76. The van der Waals surface area contributed by atoms with Gasteiger partial charge in [-0.1, -0.05) is 50.6 Å².